The first kappa shape index (κ1) is 13.1. The van der Waals surface area contributed by atoms with E-state index in [2.05, 4.69) is 20.9 Å². The van der Waals surface area contributed by atoms with E-state index < -0.39 is 23.9 Å². The average Bonchev–Trinajstić information content (AvgIpc) is 2.06. The van der Waals surface area contributed by atoms with E-state index >= 15 is 0 Å². The van der Waals surface area contributed by atoms with Crippen molar-refractivity contribution in [2.24, 2.45) is 0 Å². The largest absolute Gasteiger partial charge is 0.419 e. The Morgan fingerprint density at radius 2 is 1.87 bits per heavy atom. The molecule has 84 valence electrons. The van der Waals surface area contributed by atoms with E-state index in [0.29, 0.717) is 0 Å². The molecule has 1 heterocycles. The topological polar surface area (TPSA) is 12.9 Å². The maximum atomic E-state index is 12.5. The van der Waals surface area contributed by atoms with Gasteiger partial charge in [-0.05, 0) is 38.5 Å². The highest BCUT2D eigenvalue weighted by Gasteiger charge is 2.39. The first-order valence-corrected chi connectivity index (χ1v) is 5.31. The molecule has 0 aliphatic heterocycles. The molecule has 1 rings (SSSR count). The maximum absolute atomic E-state index is 12.5. The number of halogens is 7. The summed E-state index contributed by atoms with van der Waals surface area (Å²) in [6.45, 7) is 0. The quantitative estimate of drug-likeness (QED) is 0.502. The average molecular weight is 402 g/mol. The summed E-state index contributed by atoms with van der Waals surface area (Å²) < 4.78 is 61.7. The van der Waals surface area contributed by atoms with E-state index in [0.717, 1.165) is 6.20 Å². The molecule has 0 atom stereocenters. The van der Waals surface area contributed by atoms with Gasteiger partial charge in [0.1, 0.15) is 5.69 Å². The monoisotopic (exact) mass is 401 g/mol. The molecule has 0 aliphatic carbocycles. The molecular formula is C7H2BrF5IN. The van der Waals surface area contributed by atoms with Crippen LogP contribution in [0.2, 0.25) is 0 Å². The number of nitrogens with zero attached hydrogens (tertiary/aromatic N) is 1. The zero-order valence-corrected chi connectivity index (χ0v) is 10.5. The highest BCUT2D eigenvalue weighted by molar-refractivity contribution is 14.1. The molecular weight excluding hydrogens is 400 g/mol. The molecule has 1 aromatic rings. The molecule has 15 heavy (non-hydrogen) atoms. The van der Waals surface area contributed by atoms with E-state index in [1.165, 1.54) is 22.6 Å². The third kappa shape index (κ3) is 2.77. The molecule has 0 saturated carbocycles. The van der Waals surface area contributed by atoms with Gasteiger partial charge in [-0.15, -0.1) is 0 Å². The van der Waals surface area contributed by atoms with E-state index in [4.69, 9.17) is 0 Å². The van der Waals surface area contributed by atoms with Gasteiger partial charge in [-0.25, -0.2) is 8.78 Å². The molecule has 0 unspecified atom stereocenters. The van der Waals surface area contributed by atoms with Crippen molar-refractivity contribution in [2.45, 2.75) is 12.6 Å². The fourth-order valence-corrected chi connectivity index (χ4v) is 1.94. The van der Waals surface area contributed by atoms with Crippen molar-refractivity contribution < 1.29 is 22.0 Å². The highest BCUT2D eigenvalue weighted by atomic mass is 127. The normalized spacial score (nSPS) is 12.3. The molecule has 8 heteroatoms. The Bertz CT molecular complexity index is 378. The van der Waals surface area contributed by atoms with Crippen LogP contribution in [-0.2, 0) is 6.18 Å². The van der Waals surface area contributed by atoms with Crippen LogP contribution in [0.5, 0.6) is 0 Å². The van der Waals surface area contributed by atoms with Crippen LogP contribution in [-0.4, -0.2) is 4.98 Å². The fraction of sp³-hybridized carbons (Fsp3) is 0.286. The first-order chi connectivity index (χ1) is 6.75. The third-order valence-electron chi connectivity index (χ3n) is 1.49. The van der Waals surface area contributed by atoms with E-state index in [1.807, 2.05) is 0 Å². The summed E-state index contributed by atoms with van der Waals surface area (Å²) in [5.74, 6) is 0. The van der Waals surface area contributed by atoms with Gasteiger partial charge in [0.25, 0.3) is 6.43 Å². The van der Waals surface area contributed by atoms with Crippen molar-refractivity contribution in [3.05, 3.63) is 25.5 Å². The van der Waals surface area contributed by atoms with Crippen LogP contribution in [0.1, 0.15) is 17.7 Å². The zero-order valence-electron chi connectivity index (χ0n) is 6.75. The van der Waals surface area contributed by atoms with Gasteiger partial charge in [-0.2, -0.15) is 13.2 Å². The van der Waals surface area contributed by atoms with E-state index in [9.17, 15) is 22.0 Å². The molecule has 0 aliphatic rings. The number of pyridine rings is 1. The molecule has 0 spiro atoms. The van der Waals surface area contributed by atoms with Crippen LogP contribution >= 0.6 is 38.5 Å². The Kier molecular flexibility index (Phi) is 3.90. The Morgan fingerprint density at radius 1 is 1.33 bits per heavy atom. The second kappa shape index (κ2) is 4.48. The molecule has 0 fully saturated rings. The maximum Gasteiger partial charge on any atom is 0.419 e. The number of rotatable bonds is 1. The molecule has 1 nitrogen and oxygen atoms in total. The van der Waals surface area contributed by atoms with Crippen LogP contribution in [0, 0.1) is 3.57 Å². The lowest BCUT2D eigenvalue weighted by Gasteiger charge is -2.14. The summed E-state index contributed by atoms with van der Waals surface area (Å²) in [5.41, 5.74) is -2.62. The van der Waals surface area contributed by atoms with Crippen LogP contribution in [0.25, 0.3) is 0 Å². The second-order valence-electron chi connectivity index (χ2n) is 2.48. The minimum Gasteiger partial charge on any atom is -0.253 e. The van der Waals surface area contributed by atoms with Crippen molar-refractivity contribution in [1.29, 1.82) is 0 Å². The Balaban J connectivity index is 3.49. The summed E-state index contributed by atoms with van der Waals surface area (Å²) in [6.07, 6.45) is -7.15. The van der Waals surface area contributed by atoms with Crippen molar-refractivity contribution in [1.82, 2.24) is 4.98 Å². The Morgan fingerprint density at radius 3 is 2.27 bits per heavy atom. The van der Waals surface area contributed by atoms with Crippen molar-refractivity contribution in [2.75, 3.05) is 0 Å². The summed E-state index contributed by atoms with van der Waals surface area (Å²) in [5, 5.41) is 0. The minimum atomic E-state index is -4.83. The van der Waals surface area contributed by atoms with Gasteiger partial charge in [0.05, 0.1) is 5.56 Å². The molecule has 0 N–H and O–H groups in total. The smallest absolute Gasteiger partial charge is 0.253 e. The van der Waals surface area contributed by atoms with Crippen molar-refractivity contribution >= 4 is 38.5 Å². The van der Waals surface area contributed by atoms with Gasteiger partial charge in [-0.1, -0.05) is 0 Å². The van der Waals surface area contributed by atoms with Crippen LogP contribution in [0.3, 0.4) is 0 Å². The SMILES string of the molecule is FC(F)c1ncc(Br)c(I)c1C(F)(F)F. The van der Waals surface area contributed by atoms with Gasteiger partial charge in [0, 0.05) is 14.2 Å². The molecule has 1 aromatic heterocycles. The van der Waals surface area contributed by atoms with Gasteiger partial charge in [0.2, 0.25) is 0 Å². The molecule has 0 aromatic carbocycles. The number of aromatic nitrogens is 1. The highest BCUT2D eigenvalue weighted by Crippen LogP contribution is 2.40. The van der Waals surface area contributed by atoms with Gasteiger partial charge >= 0.3 is 6.18 Å². The second-order valence-corrected chi connectivity index (χ2v) is 4.41. The Labute approximate surface area is 103 Å². The number of hydrogen-bond acceptors (Lipinski definition) is 1. The van der Waals surface area contributed by atoms with Gasteiger partial charge in [0.15, 0.2) is 0 Å². The standard InChI is InChI=1S/C7H2BrF5IN/c8-2-1-15-5(6(9)10)3(4(2)14)7(11,12)13/h1,6H. The number of hydrogen-bond donors (Lipinski definition) is 0. The molecule has 0 saturated heterocycles. The first-order valence-electron chi connectivity index (χ1n) is 3.44. The lowest BCUT2D eigenvalue weighted by atomic mass is 10.2. The molecule has 0 amide bonds. The fourth-order valence-electron chi connectivity index (χ4n) is 0.914. The van der Waals surface area contributed by atoms with E-state index in [1.54, 1.807) is 0 Å². The summed E-state index contributed by atoms with van der Waals surface area (Å²) in [6, 6.07) is 0. The molecule has 0 bridgehead atoms. The van der Waals surface area contributed by atoms with Gasteiger partial charge < -0.3 is 0 Å². The third-order valence-corrected chi connectivity index (χ3v) is 3.96. The molecule has 0 radical (unpaired) electrons. The lowest BCUT2D eigenvalue weighted by molar-refractivity contribution is -0.140. The predicted octanol–water partition coefficient (Wildman–Crippen LogP) is 4.41. The summed E-state index contributed by atoms with van der Waals surface area (Å²) >= 11 is 4.16. The zero-order chi connectivity index (χ0) is 11.8. The Hall–Kier alpha value is 0.01000. The van der Waals surface area contributed by atoms with Crippen molar-refractivity contribution in [3.8, 4) is 0 Å². The van der Waals surface area contributed by atoms with Crippen LogP contribution < -0.4 is 0 Å². The number of alkyl halides is 5. The van der Waals surface area contributed by atoms with Gasteiger partial charge in [-0.3, -0.25) is 4.98 Å². The van der Waals surface area contributed by atoms with Crippen LogP contribution in [0.4, 0.5) is 22.0 Å². The van der Waals surface area contributed by atoms with Crippen LogP contribution in [0.15, 0.2) is 10.7 Å². The minimum absolute atomic E-state index is 0.0415. The predicted molar refractivity (Wildman–Crippen MR) is 54.6 cm³/mol. The van der Waals surface area contributed by atoms with Crippen molar-refractivity contribution in [3.63, 3.8) is 0 Å². The lowest BCUT2D eigenvalue weighted by Crippen LogP contribution is -2.14. The van der Waals surface area contributed by atoms with E-state index in [-0.39, 0.29) is 8.04 Å². The summed E-state index contributed by atoms with van der Waals surface area (Å²) in [7, 11) is 0. The summed E-state index contributed by atoms with van der Waals surface area (Å²) in [4.78, 5) is 3.08.